The summed E-state index contributed by atoms with van der Waals surface area (Å²) in [6.07, 6.45) is 3.32. The molecule has 0 aliphatic carbocycles. The standard InChI is InChI=1S/C18H26N4O3/c1-2-7-20-18(24)22-10-11-25-13-14-12-21(9-6-16(14)22)17(23)15-5-3-4-8-19-15/h3-5,8,14,16H,2,6-7,9-13H2,1H3,(H,20,24). The monoisotopic (exact) mass is 346 g/mol. The molecule has 2 unspecified atom stereocenters. The van der Waals surface area contributed by atoms with Gasteiger partial charge in [-0.05, 0) is 25.0 Å². The molecule has 0 radical (unpaired) electrons. The van der Waals surface area contributed by atoms with Crippen molar-refractivity contribution in [3.63, 3.8) is 0 Å². The second-order valence-corrected chi connectivity index (χ2v) is 6.58. The lowest BCUT2D eigenvalue weighted by molar-refractivity contribution is 0.0427. The minimum Gasteiger partial charge on any atom is -0.379 e. The van der Waals surface area contributed by atoms with Gasteiger partial charge in [0.2, 0.25) is 0 Å². The first-order valence-electron chi connectivity index (χ1n) is 9.03. The van der Waals surface area contributed by atoms with E-state index in [0.29, 0.717) is 45.1 Å². The first kappa shape index (κ1) is 17.7. The summed E-state index contributed by atoms with van der Waals surface area (Å²) in [4.78, 5) is 33.0. The second kappa shape index (κ2) is 8.29. The van der Waals surface area contributed by atoms with Crippen LogP contribution in [0.2, 0.25) is 0 Å². The number of hydrogen-bond acceptors (Lipinski definition) is 4. The van der Waals surface area contributed by atoms with Crippen molar-refractivity contribution in [2.75, 3.05) is 39.4 Å². The summed E-state index contributed by atoms with van der Waals surface area (Å²) < 4.78 is 5.71. The number of likely N-dealkylation sites (tertiary alicyclic amines) is 1. The summed E-state index contributed by atoms with van der Waals surface area (Å²) in [7, 11) is 0. The number of carbonyl (C=O) groups is 2. The first-order chi connectivity index (χ1) is 12.2. The van der Waals surface area contributed by atoms with Crippen molar-refractivity contribution in [3.8, 4) is 0 Å². The Morgan fingerprint density at radius 1 is 1.36 bits per heavy atom. The third-order valence-electron chi connectivity index (χ3n) is 4.86. The number of carbonyl (C=O) groups excluding carboxylic acids is 2. The SMILES string of the molecule is CCCNC(=O)N1CCOCC2CN(C(=O)c3ccccn3)CCC21. The van der Waals surface area contributed by atoms with E-state index in [-0.39, 0.29) is 23.9 Å². The molecular formula is C18H26N4O3. The zero-order chi connectivity index (χ0) is 17.6. The lowest BCUT2D eigenvalue weighted by Gasteiger charge is -2.41. The molecule has 0 saturated carbocycles. The number of amides is 3. The maximum atomic E-state index is 12.6. The fourth-order valence-corrected chi connectivity index (χ4v) is 3.58. The Labute approximate surface area is 148 Å². The van der Waals surface area contributed by atoms with Crippen molar-refractivity contribution >= 4 is 11.9 Å². The Morgan fingerprint density at radius 3 is 3.00 bits per heavy atom. The normalized spacial score (nSPS) is 23.6. The minimum atomic E-state index is -0.0507. The van der Waals surface area contributed by atoms with E-state index >= 15 is 0 Å². The molecule has 3 amide bonds. The Balaban J connectivity index is 1.68. The molecule has 2 aliphatic rings. The van der Waals surface area contributed by atoms with Crippen molar-refractivity contribution < 1.29 is 14.3 Å². The molecule has 1 aromatic heterocycles. The number of urea groups is 1. The van der Waals surface area contributed by atoms with E-state index in [1.165, 1.54) is 0 Å². The van der Waals surface area contributed by atoms with E-state index in [2.05, 4.69) is 10.3 Å². The zero-order valence-electron chi connectivity index (χ0n) is 14.7. The first-order valence-corrected chi connectivity index (χ1v) is 9.03. The highest BCUT2D eigenvalue weighted by Gasteiger charge is 2.38. The highest BCUT2D eigenvalue weighted by molar-refractivity contribution is 5.92. The minimum absolute atomic E-state index is 0.0214. The van der Waals surface area contributed by atoms with Crippen LogP contribution in [0.1, 0.15) is 30.3 Å². The number of ether oxygens (including phenoxy) is 1. The molecule has 136 valence electrons. The summed E-state index contributed by atoms with van der Waals surface area (Å²) in [5, 5.41) is 2.96. The molecule has 3 rings (SSSR count). The molecule has 7 heteroatoms. The zero-order valence-corrected chi connectivity index (χ0v) is 14.7. The Bertz CT molecular complexity index is 595. The molecule has 2 saturated heterocycles. The average molecular weight is 346 g/mol. The number of fused-ring (bicyclic) bond motifs is 1. The number of piperidine rings is 1. The van der Waals surface area contributed by atoms with Crippen molar-refractivity contribution in [2.45, 2.75) is 25.8 Å². The maximum Gasteiger partial charge on any atom is 0.317 e. The molecule has 3 heterocycles. The number of nitrogens with one attached hydrogen (secondary N) is 1. The molecule has 1 N–H and O–H groups in total. The average Bonchev–Trinajstić information content (AvgIpc) is 2.88. The van der Waals surface area contributed by atoms with Crippen LogP contribution < -0.4 is 5.32 Å². The predicted octanol–water partition coefficient (Wildman–Crippen LogP) is 1.36. The fraction of sp³-hybridized carbons (Fsp3) is 0.611. The number of aromatic nitrogens is 1. The highest BCUT2D eigenvalue weighted by atomic mass is 16.5. The Hall–Kier alpha value is -2.15. The van der Waals surface area contributed by atoms with Crippen molar-refractivity contribution in [1.29, 1.82) is 0 Å². The summed E-state index contributed by atoms with van der Waals surface area (Å²) in [5.74, 6) is 0.0848. The lowest BCUT2D eigenvalue weighted by Crippen LogP contribution is -2.56. The summed E-state index contributed by atoms with van der Waals surface area (Å²) in [5.41, 5.74) is 0.466. The van der Waals surface area contributed by atoms with E-state index in [1.54, 1.807) is 18.3 Å². The van der Waals surface area contributed by atoms with Gasteiger partial charge >= 0.3 is 6.03 Å². The Morgan fingerprint density at radius 2 is 2.24 bits per heavy atom. The van der Waals surface area contributed by atoms with Crippen molar-refractivity contribution in [1.82, 2.24) is 20.1 Å². The van der Waals surface area contributed by atoms with Crippen LogP contribution in [0.15, 0.2) is 24.4 Å². The molecule has 0 aromatic carbocycles. The number of pyridine rings is 1. The number of hydrogen-bond donors (Lipinski definition) is 1. The Kier molecular flexibility index (Phi) is 5.86. The van der Waals surface area contributed by atoms with Gasteiger partial charge in [0.1, 0.15) is 5.69 Å². The van der Waals surface area contributed by atoms with Crippen LogP contribution in [0.25, 0.3) is 0 Å². The molecule has 2 atom stereocenters. The molecule has 2 aliphatic heterocycles. The van der Waals surface area contributed by atoms with Gasteiger partial charge in [-0.2, -0.15) is 0 Å². The van der Waals surface area contributed by atoms with E-state index in [0.717, 1.165) is 12.8 Å². The van der Waals surface area contributed by atoms with Gasteiger partial charge in [-0.1, -0.05) is 13.0 Å². The van der Waals surface area contributed by atoms with Crippen LogP contribution in [0, 0.1) is 5.92 Å². The van der Waals surface area contributed by atoms with Crippen LogP contribution in [0.5, 0.6) is 0 Å². The predicted molar refractivity (Wildman–Crippen MR) is 93.3 cm³/mol. The largest absolute Gasteiger partial charge is 0.379 e. The van der Waals surface area contributed by atoms with E-state index < -0.39 is 0 Å². The lowest BCUT2D eigenvalue weighted by atomic mass is 9.91. The van der Waals surface area contributed by atoms with E-state index in [9.17, 15) is 9.59 Å². The summed E-state index contributed by atoms with van der Waals surface area (Å²) in [6, 6.07) is 5.46. The molecule has 2 fully saturated rings. The van der Waals surface area contributed by atoms with E-state index in [4.69, 9.17) is 4.74 Å². The molecule has 7 nitrogen and oxygen atoms in total. The van der Waals surface area contributed by atoms with E-state index in [1.807, 2.05) is 22.8 Å². The van der Waals surface area contributed by atoms with Gasteiger partial charge in [0.05, 0.1) is 13.2 Å². The third kappa shape index (κ3) is 4.10. The van der Waals surface area contributed by atoms with Crippen LogP contribution in [-0.4, -0.2) is 72.2 Å². The van der Waals surface area contributed by atoms with Gasteiger partial charge in [0, 0.05) is 44.3 Å². The van der Waals surface area contributed by atoms with Gasteiger partial charge in [-0.15, -0.1) is 0 Å². The molecule has 0 bridgehead atoms. The molecule has 1 aromatic rings. The van der Waals surface area contributed by atoms with Gasteiger partial charge in [-0.25, -0.2) is 4.79 Å². The molecule has 0 spiro atoms. The topological polar surface area (TPSA) is 74.8 Å². The molecular weight excluding hydrogens is 320 g/mol. The molecule has 25 heavy (non-hydrogen) atoms. The van der Waals surface area contributed by atoms with Crippen LogP contribution >= 0.6 is 0 Å². The van der Waals surface area contributed by atoms with Crippen molar-refractivity contribution in [3.05, 3.63) is 30.1 Å². The fourth-order valence-electron chi connectivity index (χ4n) is 3.58. The van der Waals surface area contributed by atoms with Gasteiger partial charge in [0.15, 0.2) is 0 Å². The third-order valence-corrected chi connectivity index (χ3v) is 4.86. The summed E-state index contributed by atoms with van der Waals surface area (Å²) in [6.45, 7) is 5.67. The summed E-state index contributed by atoms with van der Waals surface area (Å²) >= 11 is 0. The van der Waals surface area contributed by atoms with Gasteiger partial charge in [-0.3, -0.25) is 9.78 Å². The second-order valence-electron chi connectivity index (χ2n) is 6.58. The smallest absolute Gasteiger partial charge is 0.317 e. The highest BCUT2D eigenvalue weighted by Crippen LogP contribution is 2.26. The quantitative estimate of drug-likeness (QED) is 0.897. The number of rotatable bonds is 3. The van der Waals surface area contributed by atoms with Crippen LogP contribution in [-0.2, 0) is 4.74 Å². The van der Waals surface area contributed by atoms with Crippen LogP contribution in [0.3, 0.4) is 0 Å². The number of nitrogens with zero attached hydrogens (tertiary/aromatic N) is 3. The van der Waals surface area contributed by atoms with Crippen molar-refractivity contribution in [2.24, 2.45) is 5.92 Å². The van der Waals surface area contributed by atoms with Crippen LogP contribution in [0.4, 0.5) is 4.79 Å². The van der Waals surface area contributed by atoms with Gasteiger partial charge < -0.3 is 19.9 Å². The van der Waals surface area contributed by atoms with Gasteiger partial charge in [0.25, 0.3) is 5.91 Å². The maximum absolute atomic E-state index is 12.6.